The first-order chi connectivity index (χ1) is 12.8. The van der Waals surface area contributed by atoms with Crippen LogP contribution >= 0.6 is 0 Å². The van der Waals surface area contributed by atoms with E-state index in [0.29, 0.717) is 12.5 Å². The van der Waals surface area contributed by atoms with Gasteiger partial charge in [0.15, 0.2) is 0 Å². The van der Waals surface area contributed by atoms with Crippen LogP contribution in [0.4, 0.5) is 10.6 Å². The van der Waals surface area contributed by atoms with E-state index in [4.69, 9.17) is 9.15 Å². The van der Waals surface area contributed by atoms with E-state index in [2.05, 4.69) is 31.6 Å². The van der Waals surface area contributed by atoms with Gasteiger partial charge in [-0.05, 0) is 25.0 Å². The van der Waals surface area contributed by atoms with Crippen LogP contribution in [0.25, 0.3) is 0 Å². The first kappa shape index (κ1) is 16.8. The second kappa shape index (κ2) is 7.74. The molecule has 4 rings (SSSR count). The number of hydrogen-bond donors (Lipinski definition) is 2. The SMILES string of the molecule is O=C(NCc1ccco1)NC1CC(c2cc(N3CCOCC3)ncn2)C1. The molecule has 8 nitrogen and oxygen atoms in total. The number of carbonyl (C=O) groups is 1. The minimum Gasteiger partial charge on any atom is -0.467 e. The lowest BCUT2D eigenvalue weighted by Gasteiger charge is -2.36. The fraction of sp³-hybridized carbons (Fsp3) is 0.500. The van der Waals surface area contributed by atoms with Crippen molar-refractivity contribution >= 4 is 11.8 Å². The predicted molar refractivity (Wildman–Crippen MR) is 94.9 cm³/mol. The van der Waals surface area contributed by atoms with E-state index in [1.165, 1.54) is 0 Å². The molecule has 1 aliphatic heterocycles. The molecular formula is C18H23N5O3. The van der Waals surface area contributed by atoms with E-state index in [9.17, 15) is 4.79 Å². The summed E-state index contributed by atoms with van der Waals surface area (Å²) in [5.74, 6) is 2.07. The summed E-state index contributed by atoms with van der Waals surface area (Å²) in [4.78, 5) is 23.0. The van der Waals surface area contributed by atoms with Gasteiger partial charge >= 0.3 is 6.03 Å². The highest BCUT2D eigenvalue weighted by Gasteiger charge is 2.32. The topological polar surface area (TPSA) is 92.5 Å². The summed E-state index contributed by atoms with van der Waals surface area (Å²) < 4.78 is 10.6. The number of anilines is 1. The molecule has 138 valence electrons. The van der Waals surface area contributed by atoms with Crippen molar-refractivity contribution in [2.75, 3.05) is 31.2 Å². The van der Waals surface area contributed by atoms with Crippen LogP contribution in [0.15, 0.2) is 35.2 Å². The summed E-state index contributed by atoms with van der Waals surface area (Å²) in [6, 6.07) is 5.72. The third kappa shape index (κ3) is 3.96. The number of amides is 2. The molecule has 0 atom stereocenters. The van der Waals surface area contributed by atoms with Gasteiger partial charge in [-0.25, -0.2) is 14.8 Å². The number of nitrogens with zero attached hydrogens (tertiary/aromatic N) is 3. The van der Waals surface area contributed by atoms with E-state index < -0.39 is 0 Å². The number of aromatic nitrogens is 2. The summed E-state index contributed by atoms with van der Waals surface area (Å²) in [5.41, 5.74) is 1.05. The fourth-order valence-electron chi connectivity index (χ4n) is 3.34. The summed E-state index contributed by atoms with van der Waals surface area (Å²) >= 11 is 0. The Kier molecular flexibility index (Phi) is 5.01. The molecule has 1 saturated carbocycles. The highest BCUT2D eigenvalue weighted by atomic mass is 16.5. The Hall–Kier alpha value is -2.61. The molecule has 2 aliphatic rings. The van der Waals surface area contributed by atoms with E-state index in [-0.39, 0.29) is 12.1 Å². The molecule has 0 unspecified atom stereocenters. The van der Waals surface area contributed by atoms with Crippen molar-refractivity contribution in [1.29, 1.82) is 0 Å². The smallest absolute Gasteiger partial charge is 0.315 e. The third-order valence-electron chi connectivity index (χ3n) is 4.90. The number of morpholine rings is 1. The Labute approximate surface area is 151 Å². The third-order valence-corrected chi connectivity index (χ3v) is 4.90. The molecule has 2 aromatic heterocycles. The average Bonchev–Trinajstić information content (AvgIpc) is 3.17. The summed E-state index contributed by atoms with van der Waals surface area (Å²) in [6.07, 6.45) is 5.02. The van der Waals surface area contributed by atoms with Crippen molar-refractivity contribution in [1.82, 2.24) is 20.6 Å². The molecule has 2 aromatic rings. The predicted octanol–water partition coefficient (Wildman–Crippen LogP) is 1.65. The van der Waals surface area contributed by atoms with Crippen molar-refractivity contribution < 1.29 is 13.9 Å². The van der Waals surface area contributed by atoms with E-state index >= 15 is 0 Å². The minimum atomic E-state index is -0.165. The molecule has 2 fully saturated rings. The van der Waals surface area contributed by atoms with Gasteiger partial charge in [0.2, 0.25) is 0 Å². The second-order valence-electron chi connectivity index (χ2n) is 6.67. The molecule has 0 radical (unpaired) electrons. The molecule has 1 aliphatic carbocycles. The van der Waals surface area contributed by atoms with Crippen LogP contribution in [0.3, 0.4) is 0 Å². The highest BCUT2D eigenvalue weighted by molar-refractivity contribution is 5.74. The number of nitrogens with one attached hydrogen (secondary N) is 2. The zero-order valence-corrected chi connectivity index (χ0v) is 14.6. The maximum absolute atomic E-state index is 11.9. The lowest BCUT2D eigenvalue weighted by molar-refractivity contribution is 0.122. The lowest BCUT2D eigenvalue weighted by atomic mass is 9.78. The molecule has 2 amide bonds. The van der Waals surface area contributed by atoms with Gasteiger partial charge in [0.05, 0.1) is 26.0 Å². The van der Waals surface area contributed by atoms with Crippen LogP contribution in [0, 0.1) is 0 Å². The van der Waals surface area contributed by atoms with Gasteiger partial charge in [-0.15, -0.1) is 0 Å². The van der Waals surface area contributed by atoms with Gasteiger partial charge in [-0.2, -0.15) is 0 Å². The normalized spacial score (nSPS) is 22.5. The number of ether oxygens (including phenoxy) is 1. The Morgan fingerprint density at radius 2 is 2.12 bits per heavy atom. The molecule has 0 spiro atoms. The van der Waals surface area contributed by atoms with Crippen molar-refractivity contribution in [3.8, 4) is 0 Å². The number of furan rings is 1. The zero-order valence-electron chi connectivity index (χ0n) is 14.6. The van der Waals surface area contributed by atoms with Crippen molar-refractivity contribution in [3.05, 3.63) is 42.2 Å². The monoisotopic (exact) mass is 357 g/mol. The van der Waals surface area contributed by atoms with Gasteiger partial charge in [0, 0.05) is 36.8 Å². The number of urea groups is 1. The van der Waals surface area contributed by atoms with Gasteiger partial charge in [0.1, 0.15) is 17.9 Å². The molecule has 2 N–H and O–H groups in total. The van der Waals surface area contributed by atoms with Crippen LogP contribution in [-0.2, 0) is 11.3 Å². The average molecular weight is 357 g/mol. The molecule has 3 heterocycles. The Bertz CT molecular complexity index is 724. The van der Waals surface area contributed by atoms with Crippen LogP contribution < -0.4 is 15.5 Å². The van der Waals surface area contributed by atoms with Gasteiger partial charge in [-0.3, -0.25) is 0 Å². The fourth-order valence-corrected chi connectivity index (χ4v) is 3.34. The van der Waals surface area contributed by atoms with Crippen LogP contribution in [-0.4, -0.2) is 48.3 Å². The molecule has 0 aromatic carbocycles. The molecular weight excluding hydrogens is 334 g/mol. The van der Waals surface area contributed by atoms with Gasteiger partial charge < -0.3 is 24.7 Å². The van der Waals surface area contributed by atoms with E-state index in [0.717, 1.165) is 56.4 Å². The largest absolute Gasteiger partial charge is 0.467 e. The lowest BCUT2D eigenvalue weighted by Crippen LogP contribution is -2.47. The number of carbonyl (C=O) groups excluding carboxylic acids is 1. The second-order valence-corrected chi connectivity index (χ2v) is 6.67. The first-order valence-electron chi connectivity index (χ1n) is 8.99. The molecule has 26 heavy (non-hydrogen) atoms. The van der Waals surface area contributed by atoms with Crippen molar-refractivity contribution in [2.45, 2.75) is 31.3 Å². The van der Waals surface area contributed by atoms with Crippen LogP contribution in [0.5, 0.6) is 0 Å². The molecule has 0 bridgehead atoms. The highest BCUT2D eigenvalue weighted by Crippen LogP contribution is 2.36. The van der Waals surface area contributed by atoms with E-state index in [1.54, 1.807) is 18.7 Å². The standard InChI is InChI=1S/C18H23N5O3/c24-18(19-11-15-2-1-5-26-15)22-14-8-13(9-14)16-10-17(21-12-20-16)23-3-6-25-7-4-23/h1-2,5,10,12-14H,3-4,6-9,11H2,(H2,19,22,24). The first-order valence-corrected chi connectivity index (χ1v) is 8.99. The Balaban J connectivity index is 1.24. The van der Waals surface area contributed by atoms with Crippen molar-refractivity contribution in [2.24, 2.45) is 0 Å². The summed E-state index contributed by atoms with van der Waals surface area (Å²) in [7, 11) is 0. The summed E-state index contributed by atoms with van der Waals surface area (Å²) in [6.45, 7) is 3.59. The van der Waals surface area contributed by atoms with E-state index in [1.807, 2.05) is 6.07 Å². The van der Waals surface area contributed by atoms with Crippen LogP contribution in [0.2, 0.25) is 0 Å². The quantitative estimate of drug-likeness (QED) is 0.845. The Morgan fingerprint density at radius 3 is 2.88 bits per heavy atom. The zero-order chi connectivity index (χ0) is 17.8. The maximum Gasteiger partial charge on any atom is 0.315 e. The maximum atomic E-state index is 11.9. The molecule has 8 heteroatoms. The number of rotatable bonds is 5. The minimum absolute atomic E-state index is 0.165. The van der Waals surface area contributed by atoms with Crippen LogP contribution in [0.1, 0.15) is 30.2 Å². The molecule has 1 saturated heterocycles. The number of hydrogen-bond acceptors (Lipinski definition) is 6. The van der Waals surface area contributed by atoms with Gasteiger partial charge in [0.25, 0.3) is 0 Å². The van der Waals surface area contributed by atoms with Crippen molar-refractivity contribution in [3.63, 3.8) is 0 Å². The Morgan fingerprint density at radius 1 is 1.27 bits per heavy atom. The van der Waals surface area contributed by atoms with Gasteiger partial charge in [-0.1, -0.05) is 0 Å². The summed E-state index contributed by atoms with van der Waals surface area (Å²) in [5, 5.41) is 5.80.